The number of amides is 2. The number of ether oxygens (including phenoxy) is 1. The lowest BCUT2D eigenvalue weighted by Gasteiger charge is -2.30. The smallest absolute Gasteiger partial charge is 0.336 e. The number of pyridine rings is 1. The number of nitrogens with one attached hydrogen (secondary N) is 1. The van der Waals surface area contributed by atoms with Gasteiger partial charge in [0, 0.05) is 42.3 Å². The molecule has 4 aromatic rings. The second-order valence-electron chi connectivity index (χ2n) is 8.24. The highest BCUT2D eigenvalue weighted by atomic mass is 32.2. The summed E-state index contributed by atoms with van der Waals surface area (Å²) in [5, 5.41) is 2.83. The van der Waals surface area contributed by atoms with Crippen molar-refractivity contribution in [2.45, 2.75) is 4.90 Å². The lowest BCUT2D eigenvalue weighted by molar-refractivity contribution is 0.122. The number of hydrogen-bond acceptors (Lipinski definition) is 8. The van der Waals surface area contributed by atoms with E-state index in [0.29, 0.717) is 30.4 Å². The summed E-state index contributed by atoms with van der Waals surface area (Å²) in [5.74, 6) is 1.51. The molecule has 0 spiro atoms. The summed E-state index contributed by atoms with van der Waals surface area (Å²) < 4.78 is 6.85. The average Bonchev–Trinajstić information content (AvgIpc) is 2.97. The van der Waals surface area contributed by atoms with Crippen LogP contribution in [0.5, 0.6) is 0 Å². The third kappa shape index (κ3) is 5.71. The number of nitrogens with zero attached hydrogens (tertiary/aromatic N) is 5. The summed E-state index contributed by atoms with van der Waals surface area (Å²) in [6, 6.07) is 20.3. The molecule has 2 aromatic carbocycles. The number of anilines is 3. The number of aromatic nitrogens is 3. The molecule has 1 fully saturated rings. The summed E-state index contributed by atoms with van der Waals surface area (Å²) in [5.41, 5.74) is 4.01. The van der Waals surface area contributed by atoms with Gasteiger partial charge in [-0.2, -0.15) is 0 Å². The summed E-state index contributed by atoms with van der Waals surface area (Å²) >= 11 is 6.04. The molecule has 1 saturated heterocycles. The van der Waals surface area contributed by atoms with E-state index in [9.17, 15) is 4.79 Å². The van der Waals surface area contributed by atoms with Crippen LogP contribution in [-0.2, 0) is 4.74 Å². The number of benzene rings is 2. The number of morpholine rings is 1. The van der Waals surface area contributed by atoms with Crippen molar-refractivity contribution in [2.75, 3.05) is 47.1 Å². The Labute approximate surface area is 225 Å². The number of thiol groups is 1. The van der Waals surface area contributed by atoms with Crippen LogP contribution >= 0.6 is 24.6 Å². The first kappa shape index (κ1) is 25.1. The van der Waals surface area contributed by atoms with Crippen LogP contribution in [-0.4, -0.2) is 53.5 Å². The Morgan fingerprint density at radius 2 is 1.68 bits per heavy atom. The number of para-hydroxylation sites is 1. The lowest BCUT2D eigenvalue weighted by Crippen LogP contribution is -2.37. The minimum Gasteiger partial charge on any atom is -0.378 e. The fourth-order valence-corrected chi connectivity index (χ4v) is 4.91. The molecule has 0 unspecified atom stereocenters. The van der Waals surface area contributed by atoms with Gasteiger partial charge in [0.25, 0.3) is 0 Å². The monoisotopic (exact) mass is 530 g/mol. The number of carbonyl (C=O) groups excluding carboxylic acids is 1. The fraction of sp³-hybridized carbons (Fsp3) is 0.185. The molecule has 0 saturated carbocycles. The second kappa shape index (κ2) is 11.6. The molecule has 2 amide bonds. The molecule has 2 aromatic heterocycles. The van der Waals surface area contributed by atoms with Crippen molar-refractivity contribution < 1.29 is 9.53 Å². The minimum atomic E-state index is -0.350. The number of urea groups is 1. The molecule has 0 atom stereocenters. The van der Waals surface area contributed by atoms with Crippen LogP contribution in [0.25, 0.3) is 22.6 Å². The van der Waals surface area contributed by atoms with Gasteiger partial charge in [0.1, 0.15) is 5.82 Å². The van der Waals surface area contributed by atoms with Gasteiger partial charge < -0.3 is 15.0 Å². The second-order valence-corrected chi connectivity index (χ2v) is 9.46. The van der Waals surface area contributed by atoms with E-state index in [4.69, 9.17) is 14.7 Å². The van der Waals surface area contributed by atoms with Gasteiger partial charge in [0.2, 0.25) is 0 Å². The fourth-order valence-electron chi connectivity index (χ4n) is 4.02. The predicted octanol–water partition coefficient (Wildman–Crippen LogP) is 5.65. The first-order chi connectivity index (χ1) is 18.1. The van der Waals surface area contributed by atoms with E-state index < -0.39 is 0 Å². The Kier molecular flexibility index (Phi) is 7.88. The Hall–Kier alpha value is -3.60. The Balaban J connectivity index is 1.48. The molecule has 1 N–H and O–H groups in total. The highest BCUT2D eigenvalue weighted by molar-refractivity contribution is 7.98. The number of carbonyl (C=O) groups is 1. The molecule has 8 nitrogen and oxygen atoms in total. The van der Waals surface area contributed by atoms with Crippen LogP contribution < -0.4 is 14.5 Å². The van der Waals surface area contributed by atoms with Gasteiger partial charge in [-0.05, 0) is 54.8 Å². The molecule has 0 bridgehead atoms. The van der Waals surface area contributed by atoms with E-state index in [1.165, 1.54) is 4.31 Å². The van der Waals surface area contributed by atoms with Gasteiger partial charge in [-0.15, -0.1) is 11.8 Å². The van der Waals surface area contributed by atoms with Gasteiger partial charge in [-0.3, -0.25) is 4.98 Å². The SMILES string of the molecule is CSc1c(-c2ccncc2)nc(-c2ccc(N(S)C(=O)Nc3ccccc3)cc2)nc1N1CCOCC1. The average molecular weight is 531 g/mol. The van der Waals surface area contributed by atoms with E-state index in [1.807, 2.05) is 73.0 Å². The van der Waals surface area contributed by atoms with Gasteiger partial charge in [-0.25, -0.2) is 19.1 Å². The maximum absolute atomic E-state index is 12.7. The zero-order valence-corrected chi connectivity index (χ0v) is 22.0. The van der Waals surface area contributed by atoms with Crippen molar-refractivity contribution in [2.24, 2.45) is 0 Å². The van der Waals surface area contributed by atoms with E-state index >= 15 is 0 Å². The van der Waals surface area contributed by atoms with Crippen molar-refractivity contribution in [3.63, 3.8) is 0 Å². The maximum Gasteiger partial charge on any atom is 0.336 e. The largest absolute Gasteiger partial charge is 0.378 e. The third-order valence-corrected chi connectivity index (χ3v) is 7.10. The molecular formula is C27H26N6O2S2. The lowest BCUT2D eigenvalue weighted by atomic mass is 10.1. The van der Waals surface area contributed by atoms with Crippen LogP contribution in [0.1, 0.15) is 0 Å². The minimum absolute atomic E-state index is 0.350. The van der Waals surface area contributed by atoms with Crippen LogP contribution in [0.2, 0.25) is 0 Å². The van der Waals surface area contributed by atoms with Crippen molar-refractivity contribution in [1.29, 1.82) is 0 Å². The predicted molar refractivity (Wildman–Crippen MR) is 152 cm³/mol. The van der Waals surface area contributed by atoms with Gasteiger partial charge in [0.15, 0.2) is 5.82 Å². The highest BCUT2D eigenvalue weighted by Crippen LogP contribution is 2.38. The summed E-state index contributed by atoms with van der Waals surface area (Å²) in [6.07, 6.45) is 5.59. The normalized spacial score (nSPS) is 13.3. The molecule has 37 heavy (non-hydrogen) atoms. The first-order valence-corrected chi connectivity index (χ1v) is 13.4. The van der Waals surface area contributed by atoms with Crippen molar-refractivity contribution in [1.82, 2.24) is 15.0 Å². The van der Waals surface area contributed by atoms with Crippen LogP contribution in [0, 0.1) is 0 Å². The van der Waals surface area contributed by atoms with Gasteiger partial charge in [0.05, 0.1) is 29.5 Å². The number of hydrogen-bond donors (Lipinski definition) is 2. The summed E-state index contributed by atoms with van der Waals surface area (Å²) in [6.45, 7) is 2.86. The highest BCUT2D eigenvalue weighted by Gasteiger charge is 2.23. The quantitative estimate of drug-likeness (QED) is 0.246. The van der Waals surface area contributed by atoms with E-state index in [0.717, 1.165) is 40.6 Å². The van der Waals surface area contributed by atoms with E-state index in [-0.39, 0.29) is 6.03 Å². The number of rotatable bonds is 6. The molecule has 3 heterocycles. The Bertz CT molecular complexity index is 1350. The molecule has 1 aliphatic heterocycles. The standard InChI is InChI=1S/C27H26N6O2S2/c1-37-24-23(19-11-13-28-14-12-19)30-25(31-26(24)32-15-17-35-18-16-32)20-7-9-22(10-8-20)33(36)27(34)29-21-5-3-2-4-6-21/h2-14,36H,15-18H2,1H3,(H,29,34). The maximum atomic E-state index is 12.7. The van der Waals surface area contributed by atoms with E-state index in [1.54, 1.807) is 24.2 Å². The first-order valence-electron chi connectivity index (χ1n) is 11.8. The molecule has 10 heteroatoms. The molecular weight excluding hydrogens is 504 g/mol. The van der Waals surface area contributed by atoms with Crippen molar-refractivity contribution >= 4 is 47.8 Å². The van der Waals surface area contributed by atoms with E-state index in [2.05, 4.69) is 28.0 Å². The third-order valence-electron chi connectivity index (χ3n) is 5.90. The molecule has 1 aliphatic rings. The zero-order valence-electron chi connectivity index (χ0n) is 20.2. The molecule has 0 radical (unpaired) electrons. The van der Waals surface area contributed by atoms with Crippen LogP contribution in [0.3, 0.4) is 0 Å². The molecule has 0 aliphatic carbocycles. The Morgan fingerprint density at radius 1 is 0.973 bits per heavy atom. The Morgan fingerprint density at radius 3 is 2.35 bits per heavy atom. The van der Waals surface area contributed by atoms with Crippen molar-refractivity contribution in [3.8, 4) is 22.6 Å². The molecule has 5 rings (SSSR count). The molecule has 188 valence electrons. The number of thioether (sulfide) groups is 1. The van der Waals surface area contributed by atoms with Crippen molar-refractivity contribution in [3.05, 3.63) is 79.1 Å². The van der Waals surface area contributed by atoms with Gasteiger partial charge in [-0.1, -0.05) is 31.0 Å². The zero-order chi connectivity index (χ0) is 25.6. The van der Waals surface area contributed by atoms with Gasteiger partial charge >= 0.3 is 6.03 Å². The van der Waals surface area contributed by atoms with Crippen LogP contribution in [0.15, 0.2) is 84.0 Å². The topological polar surface area (TPSA) is 83.5 Å². The summed E-state index contributed by atoms with van der Waals surface area (Å²) in [4.78, 5) is 30.1. The van der Waals surface area contributed by atoms with Crippen LogP contribution in [0.4, 0.5) is 22.0 Å². The summed E-state index contributed by atoms with van der Waals surface area (Å²) in [7, 11) is 0.